The molecule has 7 heterocycles. The van der Waals surface area contributed by atoms with Gasteiger partial charge in [-0.05, 0) is 0 Å². The van der Waals surface area contributed by atoms with E-state index < -0.39 is 235 Å². The van der Waals surface area contributed by atoms with Gasteiger partial charge in [-0.15, -0.1) is 0 Å². The fraction of sp³-hybridized carbons (Fsp3) is 0.950. The number of hydrogen-bond donors (Lipinski definition) is 20. The van der Waals surface area contributed by atoms with Crippen LogP contribution in [0.5, 0.6) is 0 Å². The predicted octanol–water partition coefficient (Wildman–Crippen LogP) is -13.9. The first-order valence-corrected chi connectivity index (χ1v) is 23.3. The molecule has 7 aliphatic rings. The van der Waals surface area contributed by atoms with Crippen LogP contribution in [0, 0.1) is 0 Å². The highest BCUT2D eigenvalue weighted by atomic mass is 16.8. The van der Waals surface area contributed by atoms with E-state index in [2.05, 4.69) is 16.0 Å². The molecule has 0 radical (unpaired) electrons. The largest absolute Gasteiger partial charge is 0.394 e. The molecule has 0 unspecified atom stereocenters. The molecular formula is C40H67N3O30. The second-order valence-electron chi connectivity index (χ2n) is 18.7. The third-order valence-corrected chi connectivity index (χ3v) is 13.7. The Labute approximate surface area is 413 Å². The van der Waals surface area contributed by atoms with Crippen LogP contribution >= 0.6 is 0 Å². The summed E-state index contributed by atoms with van der Waals surface area (Å²) in [5.74, 6) is -1.38. The maximum absolute atomic E-state index is 12.6. The van der Waals surface area contributed by atoms with Gasteiger partial charge in [0.25, 0.3) is 0 Å². The van der Waals surface area contributed by atoms with Gasteiger partial charge in [0, 0.05) is 13.8 Å². The molecule has 73 heavy (non-hydrogen) atoms. The number of carbonyl (C=O) groups excluding carboxylic acids is 2. The molecule has 2 amide bonds. The average molecular weight is 1070 g/mol. The highest BCUT2D eigenvalue weighted by Crippen LogP contribution is 2.41. The van der Waals surface area contributed by atoms with E-state index in [-0.39, 0.29) is 0 Å². The molecule has 7 saturated heterocycles. The molecule has 7 rings (SSSR count). The predicted molar refractivity (Wildman–Crippen MR) is 222 cm³/mol. The lowest BCUT2D eigenvalue weighted by Gasteiger charge is -2.50. The van der Waals surface area contributed by atoms with Crippen LogP contribution in [0.1, 0.15) is 13.8 Å². The Balaban J connectivity index is 1.11. The summed E-state index contributed by atoms with van der Waals surface area (Å²) < 4.78 is 62.9. The molecule has 0 spiro atoms. The number of aliphatic hydroxyl groups is 17. The van der Waals surface area contributed by atoms with Gasteiger partial charge in [-0.3, -0.25) is 14.9 Å². The van der Waals surface area contributed by atoms with Crippen molar-refractivity contribution in [2.24, 2.45) is 0 Å². The summed E-state index contributed by atoms with van der Waals surface area (Å²) in [5.41, 5.74) is -1.58. The fourth-order valence-electron chi connectivity index (χ4n) is 9.52. The van der Waals surface area contributed by atoms with Crippen LogP contribution in [0.4, 0.5) is 0 Å². The van der Waals surface area contributed by atoms with Gasteiger partial charge in [0.15, 0.2) is 37.1 Å². The molecule has 0 aromatic rings. The van der Waals surface area contributed by atoms with Gasteiger partial charge in [-0.2, -0.15) is 0 Å². The van der Waals surface area contributed by atoms with Gasteiger partial charge < -0.3 is 150 Å². The monoisotopic (exact) mass is 1070 g/mol. The minimum absolute atomic E-state index is 0.584. The number of carbonyl (C=O) groups is 2. The summed E-state index contributed by atoms with van der Waals surface area (Å²) >= 11 is 0. The molecule has 0 bridgehead atoms. The zero-order valence-corrected chi connectivity index (χ0v) is 38.9. The summed E-state index contributed by atoms with van der Waals surface area (Å²) in [7, 11) is 0. The minimum Gasteiger partial charge on any atom is -0.394 e. The topological polar surface area (TPSA) is 526 Å². The van der Waals surface area contributed by atoms with Crippen molar-refractivity contribution in [2.45, 2.75) is 198 Å². The molecule has 30 atom stereocenters. The van der Waals surface area contributed by atoms with Gasteiger partial charge in [-0.1, -0.05) is 0 Å². The number of nitrogens with one attached hydrogen (secondary N) is 3. The van der Waals surface area contributed by atoms with E-state index in [9.17, 15) is 96.4 Å². The van der Waals surface area contributed by atoms with Crippen molar-refractivity contribution >= 4 is 11.8 Å². The quantitative estimate of drug-likeness (QED) is 0.0567. The van der Waals surface area contributed by atoms with E-state index >= 15 is 0 Å². The van der Waals surface area contributed by atoms with Gasteiger partial charge in [-0.25, -0.2) is 0 Å². The Bertz CT molecular complexity index is 1820. The van der Waals surface area contributed by atoms with Crippen molar-refractivity contribution in [1.82, 2.24) is 16.0 Å². The minimum atomic E-state index is -2.24. The van der Waals surface area contributed by atoms with Crippen LogP contribution in [0.3, 0.4) is 0 Å². The average Bonchev–Trinajstić information content (AvgIpc) is 4.07. The first kappa shape index (κ1) is 58.5. The van der Waals surface area contributed by atoms with Crippen LogP contribution in [0.25, 0.3) is 0 Å². The van der Waals surface area contributed by atoms with Crippen molar-refractivity contribution in [3.8, 4) is 0 Å². The fourth-order valence-corrected chi connectivity index (χ4v) is 9.52. The molecule has 0 aliphatic carbocycles. The van der Waals surface area contributed by atoms with Gasteiger partial charge in [0.05, 0.1) is 39.6 Å². The highest BCUT2D eigenvalue weighted by molar-refractivity contribution is 5.74. The standard InChI is InChI=1S/C40H67N3O30/c1-9(48)41-17-22(54)30(13(5-46)67-34(17)72-31-14(6-47)70-39-40(43-39,33(31)62)42-10(2)49)71-38-29(61)32(73-37-28(60)24(56)19(51)12(4-45)66-37)21(53)16(69-38)8-64-36-27(59)25(57)20(52)15(68-36)7-63-35-26(58)23(55)18(50)11(3-44)65-35/h11-39,43-47,50-62H,3-8H2,1-2H3,(H,41,48)(H,42,49)/t11-,12-,13-,14-,15-,16-,17-,18-,19-,20-,21-,22-,23+,24+,25+,26+,27+,28+,29+,30-,31-,32+,33+,34+,35+,36+,37-,38+,39+,40+/m1/s1. The Morgan fingerprint density at radius 3 is 1.37 bits per heavy atom. The third kappa shape index (κ3) is 12.0. The van der Waals surface area contributed by atoms with Gasteiger partial charge in [0.1, 0.15) is 147 Å². The molecule has 33 heteroatoms. The first-order chi connectivity index (χ1) is 34.5. The normalized spacial score (nSPS) is 51.2. The lowest BCUT2D eigenvalue weighted by molar-refractivity contribution is -0.383. The van der Waals surface area contributed by atoms with Crippen molar-refractivity contribution in [1.29, 1.82) is 0 Å². The van der Waals surface area contributed by atoms with Crippen LogP contribution in [0.2, 0.25) is 0 Å². The van der Waals surface area contributed by atoms with Crippen LogP contribution in [-0.4, -0.2) is 322 Å². The Kier molecular flexibility index (Phi) is 19.4. The van der Waals surface area contributed by atoms with E-state index in [1.165, 1.54) is 0 Å². The molecule has 0 aromatic carbocycles. The smallest absolute Gasteiger partial charge is 0.218 e. The molecule has 20 N–H and O–H groups in total. The molecule has 422 valence electrons. The van der Waals surface area contributed by atoms with E-state index in [0.717, 1.165) is 13.8 Å². The first-order valence-electron chi connectivity index (χ1n) is 23.3. The second kappa shape index (κ2) is 24.2. The van der Waals surface area contributed by atoms with Crippen molar-refractivity contribution in [3.63, 3.8) is 0 Å². The maximum atomic E-state index is 12.6. The Hall–Kier alpha value is -2.22. The number of aliphatic hydroxyl groups excluding tert-OH is 17. The molecule has 7 aliphatic heterocycles. The number of ether oxygens (including phenoxy) is 11. The molecule has 7 fully saturated rings. The number of fused-ring (bicyclic) bond motifs is 1. The van der Waals surface area contributed by atoms with E-state index in [4.69, 9.17) is 52.1 Å². The number of amides is 2. The second-order valence-corrected chi connectivity index (χ2v) is 18.7. The summed E-state index contributed by atoms with van der Waals surface area (Å²) in [5, 5.41) is 189. The molecule has 0 saturated carbocycles. The van der Waals surface area contributed by atoms with E-state index in [0.29, 0.717) is 0 Å². The van der Waals surface area contributed by atoms with Gasteiger partial charge in [0.2, 0.25) is 11.8 Å². The maximum Gasteiger partial charge on any atom is 0.218 e. The van der Waals surface area contributed by atoms with Crippen LogP contribution in [-0.2, 0) is 61.7 Å². The number of rotatable bonds is 18. The SMILES string of the molecule is CC(=O)N[C@H]1[C@H](O[C@@H]2[C@@H](CO)O[C@@H]3N[C@@]3(NC(C)=O)[C@H]2O)O[C@H](CO)[C@@H](O[C@@H]2O[C@H](CO[C@H]3O[C@H](CO[C@H]4O[C@H](CO)[C@@H](O)[C@H](O)[C@@H]4O)[C@@H](O)[C@H](O)[C@@H]3O)[C@@H](O)[C@H](O[C@H]3O[C@H](CO)[C@@H](O)[C@H](O)[C@@H]3O)[C@@H]2O)[C@@H]1O. The van der Waals surface area contributed by atoms with Crippen LogP contribution < -0.4 is 16.0 Å². The Morgan fingerprint density at radius 2 is 0.849 bits per heavy atom. The van der Waals surface area contributed by atoms with Crippen molar-refractivity contribution in [2.75, 3.05) is 39.6 Å². The highest BCUT2D eigenvalue weighted by Gasteiger charge is 2.69. The zero-order chi connectivity index (χ0) is 53.5. The summed E-state index contributed by atoms with van der Waals surface area (Å²) in [6, 6.07) is -1.69. The van der Waals surface area contributed by atoms with E-state index in [1.807, 2.05) is 0 Å². The van der Waals surface area contributed by atoms with E-state index in [1.54, 1.807) is 0 Å². The lowest BCUT2D eigenvalue weighted by Crippen LogP contribution is -2.70. The molecule has 0 aromatic heterocycles. The van der Waals surface area contributed by atoms with Crippen molar-refractivity contribution < 1.29 is 149 Å². The Morgan fingerprint density at radius 1 is 0.438 bits per heavy atom. The van der Waals surface area contributed by atoms with Crippen molar-refractivity contribution in [3.05, 3.63) is 0 Å². The third-order valence-electron chi connectivity index (χ3n) is 13.7. The molecular weight excluding hydrogens is 1000 g/mol. The summed E-state index contributed by atoms with van der Waals surface area (Å²) in [6.07, 6.45) is -51.0. The number of hydrogen-bond acceptors (Lipinski definition) is 31. The lowest BCUT2D eigenvalue weighted by atomic mass is 9.94. The van der Waals surface area contributed by atoms with Gasteiger partial charge >= 0.3 is 0 Å². The molecule has 33 nitrogen and oxygen atoms in total. The zero-order valence-electron chi connectivity index (χ0n) is 38.9. The van der Waals surface area contributed by atoms with Crippen LogP contribution in [0.15, 0.2) is 0 Å². The summed E-state index contributed by atoms with van der Waals surface area (Å²) in [6.45, 7) is -2.98. The summed E-state index contributed by atoms with van der Waals surface area (Å²) in [4.78, 5) is 24.6.